The van der Waals surface area contributed by atoms with Gasteiger partial charge in [-0.25, -0.2) is 13.6 Å². The summed E-state index contributed by atoms with van der Waals surface area (Å²) in [5, 5.41) is 15.1. The van der Waals surface area contributed by atoms with Gasteiger partial charge in [-0.1, -0.05) is 59.6 Å². The maximum atomic E-state index is 18.0. The number of likely N-dealkylation sites (tertiary alicyclic amines) is 1. The molecule has 2 saturated carbocycles. The fraction of sp³-hybridized carbons (Fsp3) is 0.574. The molecule has 1 spiro atoms. The number of hydrogen-bond acceptors (Lipinski definition) is 14. The number of carbonyl (C=O) groups is 4. The molecule has 2 aliphatic carbocycles. The van der Waals surface area contributed by atoms with Crippen LogP contribution < -0.4 is 24.6 Å². The number of piperidine rings is 2. The number of pyridine rings is 1. The molecule has 0 radical (unpaired) electrons. The average molecular weight is 1220 g/mol. The summed E-state index contributed by atoms with van der Waals surface area (Å²) in [7, 11) is -0.822. The van der Waals surface area contributed by atoms with Gasteiger partial charge in [0.2, 0.25) is 5.91 Å². The lowest BCUT2D eigenvalue weighted by atomic mass is 9.64. The van der Waals surface area contributed by atoms with Crippen LogP contribution in [0.4, 0.5) is 25.1 Å². The van der Waals surface area contributed by atoms with Crippen LogP contribution in [0.15, 0.2) is 48.7 Å². The van der Waals surface area contributed by atoms with E-state index in [1.165, 1.54) is 18.1 Å². The van der Waals surface area contributed by atoms with Crippen molar-refractivity contribution in [3.8, 4) is 34.5 Å². The molecule has 17 nitrogen and oxygen atoms in total. The number of nitrogens with one attached hydrogen (secondary N) is 1. The van der Waals surface area contributed by atoms with Gasteiger partial charge in [0.25, 0.3) is 5.91 Å². The van der Waals surface area contributed by atoms with Gasteiger partial charge >= 0.3 is 12.0 Å². The Morgan fingerprint density at radius 2 is 1.59 bits per heavy atom. The average Bonchev–Trinajstić information content (AvgIpc) is 2.17. The highest BCUT2D eigenvalue weighted by molar-refractivity contribution is 6.90. The SMILES string of the molecule is COCOc1cc(-c2ncc3c(N4CCC[C@@](C)(O)C4)nc(OCC4(CN5CCN(CC6CCC7(CCN(C(=O)c8ccc(C)c(N9CCC(=O)NC9=O)c8)CC7)C(=O)C6)CC5)CC4)nc3c2F)c2c(C#C[Si](C(C)C)(C(C)C)C(C)C)c(F)ccc2c1. The smallest absolute Gasteiger partial charge is 0.328 e. The molecule has 470 valence electrons. The maximum Gasteiger partial charge on any atom is 0.328 e. The number of anilines is 2. The fourth-order valence-corrected chi connectivity index (χ4v) is 20.4. The number of aliphatic hydroxyl groups is 1. The Kier molecular flexibility index (Phi) is 18.1. The third-order valence-corrected chi connectivity index (χ3v) is 26.7. The second-order valence-electron chi connectivity index (χ2n) is 27.5. The zero-order valence-electron chi connectivity index (χ0n) is 52.8. The zero-order chi connectivity index (χ0) is 62.5. The normalized spacial score (nSPS) is 21.8. The highest BCUT2D eigenvalue weighted by atomic mass is 28.3. The van der Waals surface area contributed by atoms with E-state index in [-0.39, 0.29) is 72.2 Å². The van der Waals surface area contributed by atoms with Crippen LogP contribution in [0.5, 0.6) is 11.8 Å². The van der Waals surface area contributed by atoms with Gasteiger partial charge in [0.15, 0.2) is 12.6 Å². The molecule has 2 atom stereocenters. The molecule has 5 aromatic rings. The topological polar surface area (TPSA) is 183 Å². The molecule has 4 saturated heterocycles. The lowest BCUT2D eigenvalue weighted by Gasteiger charge is -2.45. The Hall–Kier alpha value is -6.63. The number of hydrogen-bond donors (Lipinski definition) is 2. The molecule has 4 amide bonds. The van der Waals surface area contributed by atoms with Gasteiger partial charge < -0.3 is 38.9 Å². The van der Waals surface area contributed by atoms with E-state index in [1.54, 1.807) is 43.5 Å². The number of fused-ring (bicyclic) bond motifs is 2. The second-order valence-corrected chi connectivity index (χ2v) is 33.0. The van der Waals surface area contributed by atoms with E-state index in [0.717, 1.165) is 70.5 Å². The van der Waals surface area contributed by atoms with Crippen molar-refractivity contribution in [1.82, 2.24) is 35.0 Å². The van der Waals surface area contributed by atoms with Crippen LogP contribution in [-0.2, 0) is 14.3 Å². The van der Waals surface area contributed by atoms with E-state index in [2.05, 4.69) is 68.1 Å². The van der Waals surface area contributed by atoms with Crippen molar-refractivity contribution in [2.75, 3.05) is 102 Å². The number of halogens is 2. The number of ketones is 1. The first-order chi connectivity index (χ1) is 42.0. The largest absolute Gasteiger partial charge is 0.468 e. The predicted molar refractivity (Wildman–Crippen MR) is 339 cm³/mol. The third kappa shape index (κ3) is 12.8. The molecule has 2 aromatic heterocycles. The van der Waals surface area contributed by atoms with E-state index >= 15 is 8.78 Å². The first-order valence-corrected chi connectivity index (χ1v) is 34.1. The lowest BCUT2D eigenvalue weighted by Crippen LogP contribution is -2.52. The number of Topliss-reactive ketones (excluding diaryl/α,β-unsaturated/α-hetero) is 1. The predicted octanol–water partition coefficient (Wildman–Crippen LogP) is 10.8. The summed E-state index contributed by atoms with van der Waals surface area (Å²) in [4.78, 5) is 77.2. The monoisotopic (exact) mass is 1220 g/mol. The van der Waals surface area contributed by atoms with E-state index in [9.17, 15) is 24.3 Å². The van der Waals surface area contributed by atoms with Gasteiger partial charge in [0.1, 0.15) is 42.5 Å². The first kappa shape index (κ1) is 63.0. The summed E-state index contributed by atoms with van der Waals surface area (Å²) in [5.74, 6) is 3.10. The number of β-amino-alcohol motifs (C(OH)–C–C–N with tert-alkyl or cyclic N) is 1. The minimum absolute atomic E-state index is 0.00330. The van der Waals surface area contributed by atoms with Crippen molar-refractivity contribution < 1.29 is 47.3 Å². The molecule has 88 heavy (non-hydrogen) atoms. The van der Waals surface area contributed by atoms with Crippen molar-refractivity contribution in [3.63, 3.8) is 0 Å². The summed E-state index contributed by atoms with van der Waals surface area (Å²) in [5.41, 5.74) is 5.39. The van der Waals surface area contributed by atoms with E-state index in [0.29, 0.717) is 125 Å². The zero-order valence-corrected chi connectivity index (χ0v) is 53.8. The molecule has 0 bridgehead atoms. The number of benzene rings is 3. The quantitative estimate of drug-likeness (QED) is 0.0509. The molecule has 11 rings (SSSR count). The van der Waals surface area contributed by atoms with Crippen LogP contribution >= 0.6 is 0 Å². The lowest BCUT2D eigenvalue weighted by molar-refractivity contribution is -0.136. The van der Waals surface area contributed by atoms with Crippen LogP contribution in [-0.4, -0.2) is 165 Å². The second kappa shape index (κ2) is 25.3. The molecule has 2 N–H and O–H groups in total. The van der Waals surface area contributed by atoms with Crippen molar-refractivity contribution in [1.29, 1.82) is 0 Å². The van der Waals surface area contributed by atoms with Gasteiger partial charge in [-0.15, -0.1) is 5.54 Å². The Balaban J connectivity index is 0.759. The number of amides is 4. The summed E-state index contributed by atoms with van der Waals surface area (Å²) in [6.45, 7) is 24.6. The number of piperazine rings is 1. The van der Waals surface area contributed by atoms with Crippen molar-refractivity contribution in [2.24, 2.45) is 16.7 Å². The molecule has 1 unspecified atom stereocenters. The number of rotatable bonds is 17. The van der Waals surface area contributed by atoms with Gasteiger partial charge in [-0.3, -0.25) is 29.6 Å². The summed E-state index contributed by atoms with van der Waals surface area (Å²) >= 11 is 0. The van der Waals surface area contributed by atoms with Crippen LogP contribution in [0.25, 0.3) is 32.9 Å². The number of imide groups is 1. The number of carbonyl (C=O) groups excluding carboxylic acids is 4. The van der Waals surface area contributed by atoms with Crippen LogP contribution in [0.2, 0.25) is 16.6 Å². The minimum Gasteiger partial charge on any atom is -0.468 e. The van der Waals surface area contributed by atoms with Gasteiger partial charge in [-0.05, 0) is 129 Å². The van der Waals surface area contributed by atoms with E-state index in [4.69, 9.17) is 29.2 Å². The van der Waals surface area contributed by atoms with Crippen LogP contribution in [0.1, 0.15) is 134 Å². The highest BCUT2D eigenvalue weighted by Crippen LogP contribution is 2.49. The fourth-order valence-electron chi connectivity index (χ4n) is 15.2. The third-order valence-electron chi connectivity index (χ3n) is 20.4. The number of ether oxygens (including phenoxy) is 3. The summed E-state index contributed by atoms with van der Waals surface area (Å²) in [6.07, 6.45) is 8.64. The van der Waals surface area contributed by atoms with E-state index < -0.39 is 36.8 Å². The maximum absolute atomic E-state index is 18.0. The number of nitrogens with zero attached hydrogens (tertiary/aromatic N) is 8. The Morgan fingerprint density at radius 3 is 2.26 bits per heavy atom. The number of methoxy groups -OCH3 is 1. The van der Waals surface area contributed by atoms with Crippen LogP contribution in [0.3, 0.4) is 0 Å². The minimum atomic E-state index is -2.34. The number of aryl methyl sites for hydroxylation is 1. The summed E-state index contributed by atoms with van der Waals surface area (Å²) in [6, 6.07) is 11.4. The van der Waals surface area contributed by atoms with Crippen LogP contribution in [0, 0.1) is 46.8 Å². The Morgan fingerprint density at radius 1 is 0.864 bits per heavy atom. The molecule has 20 heteroatoms. The standard InChI is InChI=1S/C68H87F2N9O8Si/c1-43(2)88(44(3)4,45(5)6)32-17-51-54(69)14-13-48-34-50(87-42-85-9)36-52(58(48)51)60-59(70)61-53(37-71-60)62(78-24-10-18-66(8,84)39-78)74-64(73-61)86-41-67(20-21-67)40-76-30-28-75(29-31-76)38-47-15-19-68(56(80)33-47)22-26-77(27-23-68)63(82)49-12-11-46(7)55(35-49)79-25-16-57(81)72-65(79)83/h11-14,34-37,43-45,47,84H,10,15-16,18-31,33,38-42H2,1-9H3,(H,72,81,83)/t47?,66-/m1/s1. The molecule has 6 heterocycles. The molecular formula is C68H87F2N9O8Si. The highest BCUT2D eigenvalue weighted by Gasteiger charge is 2.48. The van der Waals surface area contributed by atoms with Crippen molar-refractivity contribution in [2.45, 2.75) is 142 Å². The van der Waals surface area contributed by atoms with Gasteiger partial charge in [0.05, 0.1) is 23.2 Å². The van der Waals surface area contributed by atoms with E-state index in [1.807, 2.05) is 22.8 Å². The molecular weight excluding hydrogens is 1140 g/mol. The molecule has 3 aromatic carbocycles. The molecule has 4 aliphatic heterocycles. The first-order valence-electron chi connectivity index (χ1n) is 31.9. The number of urea groups is 1. The molecule has 6 aliphatic rings. The Labute approximate surface area is 517 Å². The van der Waals surface area contributed by atoms with Crippen molar-refractivity contribution >= 4 is 64.9 Å². The molecule has 6 fully saturated rings. The summed E-state index contributed by atoms with van der Waals surface area (Å²) < 4.78 is 52.3. The number of aromatic nitrogens is 3. The van der Waals surface area contributed by atoms with Gasteiger partial charge in [0, 0.05) is 131 Å². The van der Waals surface area contributed by atoms with Gasteiger partial charge in [-0.2, -0.15) is 9.97 Å². The van der Waals surface area contributed by atoms with Crippen molar-refractivity contribution in [3.05, 3.63) is 77.0 Å². The Bertz CT molecular complexity index is 3550.